The van der Waals surface area contributed by atoms with E-state index in [4.69, 9.17) is 9.47 Å². The molecular formula is C19H19N5O3. The molecule has 138 valence electrons. The van der Waals surface area contributed by atoms with Gasteiger partial charge >= 0.3 is 0 Å². The number of amides is 1. The molecule has 0 saturated carbocycles. The second-order valence-corrected chi connectivity index (χ2v) is 6.13. The van der Waals surface area contributed by atoms with Crippen molar-refractivity contribution in [3.05, 3.63) is 59.7 Å². The third-order valence-electron chi connectivity index (χ3n) is 4.33. The van der Waals surface area contributed by atoms with Crippen molar-refractivity contribution in [1.82, 2.24) is 19.7 Å². The Labute approximate surface area is 156 Å². The van der Waals surface area contributed by atoms with Gasteiger partial charge in [-0.15, -0.1) is 0 Å². The highest BCUT2D eigenvalue weighted by atomic mass is 16.5. The van der Waals surface area contributed by atoms with Crippen molar-refractivity contribution in [2.75, 3.05) is 18.6 Å². The van der Waals surface area contributed by atoms with E-state index in [-0.39, 0.29) is 5.91 Å². The Kier molecular flexibility index (Phi) is 4.45. The van der Waals surface area contributed by atoms with Gasteiger partial charge in [-0.05, 0) is 25.1 Å². The summed E-state index contributed by atoms with van der Waals surface area (Å²) in [6, 6.07) is 11.3. The van der Waals surface area contributed by atoms with Crippen molar-refractivity contribution in [2.45, 2.75) is 20.1 Å². The summed E-state index contributed by atoms with van der Waals surface area (Å²) in [4.78, 5) is 23.1. The Bertz CT molecular complexity index is 971. The highest BCUT2D eigenvalue weighted by Gasteiger charge is 2.29. The van der Waals surface area contributed by atoms with E-state index in [1.165, 1.54) is 7.11 Å². The number of ether oxygens (including phenoxy) is 2. The molecule has 1 aliphatic heterocycles. The van der Waals surface area contributed by atoms with E-state index in [0.29, 0.717) is 48.5 Å². The number of fused-ring (bicyclic) bond motifs is 1. The van der Waals surface area contributed by atoms with Crippen LogP contribution in [-0.4, -0.2) is 39.3 Å². The molecule has 1 aromatic carbocycles. The number of para-hydroxylation sites is 1. The fourth-order valence-electron chi connectivity index (χ4n) is 2.96. The second kappa shape index (κ2) is 7.06. The molecule has 2 aromatic heterocycles. The molecule has 1 amide bonds. The lowest BCUT2D eigenvalue weighted by atomic mass is 10.2. The molecule has 8 heteroatoms. The third kappa shape index (κ3) is 3.33. The van der Waals surface area contributed by atoms with Gasteiger partial charge in [-0.25, -0.2) is 0 Å². The van der Waals surface area contributed by atoms with Gasteiger partial charge in [0, 0.05) is 6.54 Å². The predicted octanol–water partition coefficient (Wildman–Crippen LogP) is 2.23. The summed E-state index contributed by atoms with van der Waals surface area (Å²) in [5.74, 6) is 1.48. The van der Waals surface area contributed by atoms with Gasteiger partial charge in [0.2, 0.25) is 5.88 Å². The largest absolute Gasteiger partial charge is 0.487 e. The van der Waals surface area contributed by atoms with Crippen molar-refractivity contribution >= 4 is 11.7 Å². The van der Waals surface area contributed by atoms with Crippen molar-refractivity contribution in [1.29, 1.82) is 0 Å². The smallest absolute Gasteiger partial charge is 0.277 e. The zero-order chi connectivity index (χ0) is 18.8. The number of hydrogen-bond donors (Lipinski definition) is 0. The van der Waals surface area contributed by atoms with Crippen molar-refractivity contribution in [2.24, 2.45) is 0 Å². The Morgan fingerprint density at radius 3 is 2.78 bits per heavy atom. The fraction of sp³-hybridized carbons (Fsp3) is 0.263. The van der Waals surface area contributed by atoms with E-state index in [1.807, 2.05) is 37.3 Å². The predicted molar refractivity (Wildman–Crippen MR) is 98.0 cm³/mol. The molecular weight excluding hydrogens is 346 g/mol. The number of hydrogen-bond acceptors (Lipinski definition) is 6. The number of benzene rings is 1. The maximum Gasteiger partial charge on any atom is 0.277 e. The molecule has 4 rings (SSSR count). The van der Waals surface area contributed by atoms with Gasteiger partial charge in [0.15, 0.2) is 5.82 Å². The molecule has 0 radical (unpaired) electrons. The fourth-order valence-corrected chi connectivity index (χ4v) is 2.96. The lowest BCUT2D eigenvalue weighted by Gasteiger charge is -2.26. The third-order valence-corrected chi connectivity index (χ3v) is 4.33. The Morgan fingerprint density at radius 1 is 1.19 bits per heavy atom. The Morgan fingerprint density at radius 2 is 2.00 bits per heavy atom. The number of carbonyl (C=O) groups is 1. The van der Waals surface area contributed by atoms with Gasteiger partial charge in [0.1, 0.15) is 23.7 Å². The van der Waals surface area contributed by atoms with Crippen LogP contribution in [0.25, 0.3) is 0 Å². The van der Waals surface area contributed by atoms with Crippen LogP contribution in [0.5, 0.6) is 11.6 Å². The number of aromatic nitrogens is 4. The van der Waals surface area contributed by atoms with E-state index in [1.54, 1.807) is 21.8 Å². The number of carbonyl (C=O) groups excluding carboxylic acids is 1. The normalized spacial score (nSPS) is 13.4. The van der Waals surface area contributed by atoms with E-state index >= 15 is 0 Å². The van der Waals surface area contributed by atoms with Gasteiger partial charge < -0.3 is 9.47 Å². The molecule has 0 fully saturated rings. The van der Waals surface area contributed by atoms with Gasteiger partial charge in [0.25, 0.3) is 5.91 Å². The molecule has 1 aliphatic rings. The number of rotatable bonds is 5. The number of aryl methyl sites for hydroxylation is 1. The molecule has 0 N–H and O–H groups in total. The molecule has 0 aliphatic carbocycles. The van der Waals surface area contributed by atoms with Crippen LogP contribution < -0.4 is 14.4 Å². The number of nitrogens with zero attached hydrogens (tertiary/aromatic N) is 5. The van der Waals surface area contributed by atoms with Gasteiger partial charge in [-0.2, -0.15) is 10.1 Å². The maximum atomic E-state index is 12.9. The highest BCUT2D eigenvalue weighted by Crippen LogP contribution is 2.23. The topological polar surface area (TPSA) is 82.4 Å². The van der Waals surface area contributed by atoms with E-state index < -0.39 is 0 Å². The highest BCUT2D eigenvalue weighted by molar-refractivity contribution is 6.05. The summed E-state index contributed by atoms with van der Waals surface area (Å²) in [7, 11) is 1.53. The molecule has 0 spiro atoms. The summed E-state index contributed by atoms with van der Waals surface area (Å²) in [6.07, 6.45) is 1.58. The first kappa shape index (κ1) is 17.0. The summed E-state index contributed by atoms with van der Waals surface area (Å²) >= 11 is 0. The molecule has 27 heavy (non-hydrogen) atoms. The molecule has 8 nitrogen and oxygen atoms in total. The molecule has 3 heterocycles. The van der Waals surface area contributed by atoms with Crippen LogP contribution in [0.3, 0.4) is 0 Å². The minimum atomic E-state index is -0.167. The van der Waals surface area contributed by atoms with Crippen LogP contribution in [0.2, 0.25) is 0 Å². The molecule has 0 saturated heterocycles. The quantitative estimate of drug-likeness (QED) is 0.690. The number of methoxy groups -OCH3 is 1. The van der Waals surface area contributed by atoms with E-state index in [2.05, 4.69) is 15.1 Å². The first-order valence-electron chi connectivity index (χ1n) is 8.60. The summed E-state index contributed by atoms with van der Waals surface area (Å²) < 4.78 is 12.6. The van der Waals surface area contributed by atoms with Gasteiger partial charge in [-0.3, -0.25) is 19.4 Å². The monoisotopic (exact) mass is 365 g/mol. The molecule has 0 atom stereocenters. The minimum Gasteiger partial charge on any atom is -0.487 e. The van der Waals surface area contributed by atoms with Crippen LogP contribution in [0, 0.1) is 6.92 Å². The van der Waals surface area contributed by atoms with Crippen molar-refractivity contribution in [3.63, 3.8) is 0 Å². The van der Waals surface area contributed by atoms with Crippen LogP contribution in [-0.2, 0) is 13.2 Å². The lowest BCUT2D eigenvalue weighted by Crippen LogP contribution is -2.41. The standard InChI is InChI=1S/C19H19N5O3/c1-13-18(26-2)21-17(11-20-13)23-8-9-24-16(19(23)25)10-14(22-24)12-27-15-6-4-3-5-7-15/h3-7,10-11H,8-9,12H2,1-2H3. The van der Waals surface area contributed by atoms with Gasteiger partial charge in [-0.1, -0.05) is 18.2 Å². The SMILES string of the molecule is COc1nc(N2CCn3nc(COc4ccccc4)cc3C2=O)cnc1C. The lowest BCUT2D eigenvalue weighted by molar-refractivity contribution is 0.0961. The van der Waals surface area contributed by atoms with Crippen molar-refractivity contribution < 1.29 is 14.3 Å². The second-order valence-electron chi connectivity index (χ2n) is 6.13. The Hall–Kier alpha value is -3.42. The van der Waals surface area contributed by atoms with Crippen LogP contribution >= 0.6 is 0 Å². The first-order chi connectivity index (χ1) is 13.2. The molecule has 0 unspecified atom stereocenters. The minimum absolute atomic E-state index is 0.167. The van der Waals surface area contributed by atoms with Crippen LogP contribution in [0.4, 0.5) is 5.82 Å². The van der Waals surface area contributed by atoms with Crippen LogP contribution in [0.15, 0.2) is 42.6 Å². The van der Waals surface area contributed by atoms with E-state index in [0.717, 1.165) is 5.75 Å². The van der Waals surface area contributed by atoms with Gasteiger partial charge in [0.05, 0.1) is 25.5 Å². The summed E-state index contributed by atoms with van der Waals surface area (Å²) in [5.41, 5.74) is 1.89. The average molecular weight is 365 g/mol. The summed E-state index contributed by atoms with van der Waals surface area (Å²) in [6.45, 7) is 3.15. The van der Waals surface area contributed by atoms with Crippen molar-refractivity contribution in [3.8, 4) is 11.6 Å². The Balaban J connectivity index is 1.53. The van der Waals surface area contributed by atoms with Crippen LogP contribution in [0.1, 0.15) is 21.9 Å². The number of anilines is 1. The summed E-state index contributed by atoms with van der Waals surface area (Å²) in [5, 5.41) is 4.48. The van der Waals surface area contributed by atoms with E-state index in [9.17, 15) is 4.79 Å². The average Bonchev–Trinajstić information content (AvgIpc) is 3.12. The maximum absolute atomic E-state index is 12.9. The molecule has 3 aromatic rings. The first-order valence-corrected chi connectivity index (χ1v) is 8.60. The zero-order valence-corrected chi connectivity index (χ0v) is 15.1. The zero-order valence-electron chi connectivity index (χ0n) is 15.1. The molecule has 0 bridgehead atoms.